The monoisotopic (exact) mass is 275 g/mol. The third kappa shape index (κ3) is 2.67. The van der Waals surface area contributed by atoms with Gasteiger partial charge < -0.3 is 10.4 Å². The maximum Gasteiger partial charge on any atom is 0.310 e. The van der Waals surface area contributed by atoms with Gasteiger partial charge in [0.15, 0.2) is 0 Å². The minimum Gasteiger partial charge on any atom is -0.481 e. The van der Waals surface area contributed by atoms with Crippen LogP contribution in [0.3, 0.4) is 0 Å². The third-order valence-corrected chi connectivity index (χ3v) is 4.09. The quantitative estimate of drug-likeness (QED) is 0.813. The Balaban J connectivity index is 2.04. The maximum atomic E-state index is 11.4. The average Bonchev–Trinajstić information content (AvgIpc) is 2.87. The molecule has 0 radical (unpaired) electrons. The molecule has 0 bridgehead atoms. The van der Waals surface area contributed by atoms with Crippen LogP contribution in [0.5, 0.6) is 0 Å². The predicted molar refractivity (Wildman–Crippen MR) is 77.5 cm³/mol. The van der Waals surface area contributed by atoms with Crippen LogP contribution < -0.4 is 5.32 Å². The van der Waals surface area contributed by atoms with Crippen LogP contribution in [0.2, 0.25) is 0 Å². The molecule has 20 heavy (non-hydrogen) atoms. The second-order valence-electron chi connectivity index (χ2n) is 5.10. The molecule has 0 atom stereocenters. The molecule has 0 aliphatic carbocycles. The molecule has 0 unspecified atom stereocenters. The van der Waals surface area contributed by atoms with Crippen molar-refractivity contribution in [1.82, 2.24) is 14.9 Å². The molecule has 2 N–H and O–H groups in total. The number of rotatable bonds is 7. The number of hydrogen-bond acceptors (Lipinski definition) is 3. The molecular formula is C15H21N3O2. The maximum absolute atomic E-state index is 11.4. The Labute approximate surface area is 118 Å². The number of nitrogens with zero attached hydrogens (tertiary/aromatic N) is 2. The summed E-state index contributed by atoms with van der Waals surface area (Å²) in [5, 5.41) is 16.9. The molecule has 108 valence electrons. The van der Waals surface area contributed by atoms with Crippen LogP contribution in [-0.4, -0.2) is 27.2 Å². The van der Waals surface area contributed by atoms with Gasteiger partial charge in [-0.15, -0.1) is 0 Å². The standard InChI is InChI=1S/C15H21N3O2/c1-3-15(4-2,14(19)20)11-16-9-12-10-17-18-8-6-5-7-13(12)18/h5-8,10,16H,3-4,9,11H2,1-2H3,(H,19,20). The largest absolute Gasteiger partial charge is 0.481 e. The van der Waals surface area contributed by atoms with E-state index in [4.69, 9.17) is 0 Å². The smallest absolute Gasteiger partial charge is 0.310 e. The van der Waals surface area contributed by atoms with E-state index in [1.54, 1.807) is 0 Å². The molecule has 0 aliphatic heterocycles. The fraction of sp³-hybridized carbons (Fsp3) is 0.467. The Morgan fingerprint density at radius 1 is 1.40 bits per heavy atom. The van der Waals surface area contributed by atoms with Crippen LogP contribution in [0, 0.1) is 5.41 Å². The number of carboxylic acid groups (broad SMARTS) is 1. The van der Waals surface area contributed by atoms with E-state index >= 15 is 0 Å². The first-order valence-electron chi connectivity index (χ1n) is 6.98. The molecule has 5 nitrogen and oxygen atoms in total. The van der Waals surface area contributed by atoms with E-state index in [1.807, 2.05) is 49.0 Å². The highest BCUT2D eigenvalue weighted by atomic mass is 16.4. The first-order valence-corrected chi connectivity index (χ1v) is 6.98. The molecule has 2 aromatic heterocycles. The van der Waals surface area contributed by atoms with Gasteiger partial charge in [-0.05, 0) is 25.0 Å². The van der Waals surface area contributed by atoms with Crippen LogP contribution in [0.25, 0.3) is 5.52 Å². The van der Waals surface area contributed by atoms with Crippen molar-refractivity contribution in [2.75, 3.05) is 6.54 Å². The van der Waals surface area contributed by atoms with Gasteiger partial charge in [-0.2, -0.15) is 5.10 Å². The molecule has 5 heteroatoms. The zero-order valence-corrected chi connectivity index (χ0v) is 12.0. The third-order valence-electron chi connectivity index (χ3n) is 4.09. The molecule has 0 spiro atoms. The fourth-order valence-electron chi connectivity index (χ4n) is 2.44. The number of carbonyl (C=O) groups is 1. The summed E-state index contributed by atoms with van der Waals surface area (Å²) < 4.78 is 1.82. The Morgan fingerprint density at radius 2 is 2.15 bits per heavy atom. The lowest BCUT2D eigenvalue weighted by Gasteiger charge is -2.26. The molecule has 0 saturated carbocycles. The van der Waals surface area contributed by atoms with Crippen molar-refractivity contribution in [3.05, 3.63) is 36.2 Å². The molecule has 2 heterocycles. The van der Waals surface area contributed by atoms with Crippen LogP contribution in [0.4, 0.5) is 0 Å². The van der Waals surface area contributed by atoms with Crippen molar-refractivity contribution < 1.29 is 9.90 Å². The minimum atomic E-state index is -0.727. The highest BCUT2D eigenvalue weighted by Gasteiger charge is 2.34. The van der Waals surface area contributed by atoms with Crippen molar-refractivity contribution in [3.8, 4) is 0 Å². The number of carboxylic acids is 1. The van der Waals surface area contributed by atoms with Gasteiger partial charge in [-0.25, -0.2) is 4.52 Å². The first kappa shape index (κ1) is 14.5. The van der Waals surface area contributed by atoms with Crippen molar-refractivity contribution in [3.63, 3.8) is 0 Å². The number of fused-ring (bicyclic) bond motifs is 1. The zero-order chi connectivity index (χ0) is 14.6. The summed E-state index contributed by atoms with van der Waals surface area (Å²) in [6, 6.07) is 5.91. The molecule has 0 aliphatic rings. The van der Waals surface area contributed by atoms with Gasteiger partial charge in [0.25, 0.3) is 0 Å². The molecule has 0 saturated heterocycles. The van der Waals surface area contributed by atoms with Crippen LogP contribution in [-0.2, 0) is 11.3 Å². The first-order chi connectivity index (χ1) is 9.63. The Morgan fingerprint density at radius 3 is 2.80 bits per heavy atom. The zero-order valence-electron chi connectivity index (χ0n) is 12.0. The summed E-state index contributed by atoms with van der Waals surface area (Å²) >= 11 is 0. The minimum absolute atomic E-state index is 0.472. The predicted octanol–water partition coefficient (Wildman–Crippen LogP) is 2.31. The van der Waals surface area contributed by atoms with Gasteiger partial charge in [0.2, 0.25) is 0 Å². The molecule has 0 amide bonds. The van der Waals surface area contributed by atoms with E-state index in [0.29, 0.717) is 25.9 Å². The number of pyridine rings is 1. The molecule has 0 aromatic carbocycles. The fourth-order valence-corrected chi connectivity index (χ4v) is 2.44. The number of hydrogen-bond donors (Lipinski definition) is 2. The van der Waals surface area contributed by atoms with E-state index in [0.717, 1.165) is 11.1 Å². The normalized spacial score (nSPS) is 11.9. The van der Waals surface area contributed by atoms with Crippen LogP contribution in [0.1, 0.15) is 32.3 Å². The van der Waals surface area contributed by atoms with Gasteiger partial charge in [0, 0.05) is 24.8 Å². The van der Waals surface area contributed by atoms with Crippen LogP contribution >= 0.6 is 0 Å². The molecular weight excluding hydrogens is 254 g/mol. The van der Waals surface area contributed by atoms with E-state index in [9.17, 15) is 9.90 Å². The lowest BCUT2D eigenvalue weighted by Crippen LogP contribution is -2.39. The Bertz CT molecular complexity index is 588. The topological polar surface area (TPSA) is 66.6 Å². The van der Waals surface area contributed by atoms with Crippen molar-refractivity contribution in [1.29, 1.82) is 0 Å². The van der Waals surface area contributed by atoms with E-state index in [1.165, 1.54) is 0 Å². The summed E-state index contributed by atoms with van der Waals surface area (Å²) in [6.45, 7) is 4.95. The second-order valence-corrected chi connectivity index (χ2v) is 5.10. The van der Waals surface area contributed by atoms with Gasteiger partial charge in [0.1, 0.15) is 0 Å². The van der Waals surface area contributed by atoms with Crippen molar-refractivity contribution in [2.24, 2.45) is 5.41 Å². The van der Waals surface area contributed by atoms with Gasteiger partial charge in [-0.3, -0.25) is 4.79 Å². The second kappa shape index (κ2) is 6.05. The van der Waals surface area contributed by atoms with Gasteiger partial charge in [-0.1, -0.05) is 19.9 Å². The highest BCUT2D eigenvalue weighted by molar-refractivity contribution is 5.74. The lowest BCUT2D eigenvalue weighted by atomic mass is 9.82. The van der Waals surface area contributed by atoms with Gasteiger partial charge >= 0.3 is 5.97 Å². The molecule has 2 aromatic rings. The SMILES string of the molecule is CCC(CC)(CNCc1cnn2ccccc12)C(=O)O. The highest BCUT2D eigenvalue weighted by Crippen LogP contribution is 2.25. The number of aliphatic carboxylic acids is 1. The average molecular weight is 275 g/mol. The number of aromatic nitrogens is 2. The van der Waals surface area contributed by atoms with E-state index in [2.05, 4.69) is 10.4 Å². The van der Waals surface area contributed by atoms with E-state index in [-0.39, 0.29) is 0 Å². The van der Waals surface area contributed by atoms with E-state index < -0.39 is 11.4 Å². The van der Waals surface area contributed by atoms with Gasteiger partial charge in [0.05, 0.1) is 17.1 Å². The summed E-state index contributed by atoms with van der Waals surface area (Å²) in [5.41, 5.74) is 1.45. The lowest BCUT2D eigenvalue weighted by molar-refractivity contribution is -0.149. The molecule has 2 rings (SSSR count). The summed E-state index contributed by atoms with van der Waals surface area (Å²) in [7, 11) is 0. The summed E-state index contributed by atoms with van der Waals surface area (Å²) in [5.74, 6) is -0.727. The van der Waals surface area contributed by atoms with Crippen LogP contribution in [0.15, 0.2) is 30.6 Å². The summed E-state index contributed by atoms with van der Waals surface area (Å²) in [4.78, 5) is 11.4. The summed E-state index contributed by atoms with van der Waals surface area (Å²) in [6.07, 6.45) is 4.97. The molecule has 0 fully saturated rings. The Hall–Kier alpha value is -1.88. The van der Waals surface area contributed by atoms with Crippen molar-refractivity contribution in [2.45, 2.75) is 33.2 Å². The van der Waals surface area contributed by atoms with Crippen molar-refractivity contribution >= 4 is 11.5 Å². The number of nitrogens with one attached hydrogen (secondary N) is 1. The Kier molecular flexibility index (Phi) is 4.39.